The summed E-state index contributed by atoms with van der Waals surface area (Å²) in [5.41, 5.74) is 6.50. The Labute approximate surface area is 94.1 Å². The summed E-state index contributed by atoms with van der Waals surface area (Å²) in [5, 5.41) is 11.8. The second-order valence-electron chi connectivity index (χ2n) is 3.18. The fraction of sp³-hybridized carbons (Fsp3) is 0.500. The van der Waals surface area contributed by atoms with Gasteiger partial charge in [-0.05, 0) is 0 Å². The first-order valence-corrected chi connectivity index (χ1v) is 5.75. The van der Waals surface area contributed by atoms with Gasteiger partial charge in [-0.15, -0.1) is 17.9 Å². The molecule has 0 aliphatic heterocycles. The number of thiazole rings is 1. The van der Waals surface area contributed by atoms with Gasteiger partial charge in [-0.2, -0.15) is 0 Å². The molecule has 1 aromatic heterocycles. The van der Waals surface area contributed by atoms with Crippen molar-refractivity contribution < 1.29 is 5.11 Å². The van der Waals surface area contributed by atoms with Crippen molar-refractivity contribution in [1.29, 1.82) is 0 Å². The zero-order chi connectivity index (χ0) is 11.1. The number of aliphatic hydroxyl groups excluding tert-OH is 1. The largest absolute Gasteiger partial charge is 0.395 e. The Morgan fingerprint density at radius 1 is 1.67 bits per heavy atom. The molecule has 1 rings (SSSR count). The van der Waals surface area contributed by atoms with E-state index in [0.717, 1.165) is 23.8 Å². The molecule has 0 saturated carbocycles. The van der Waals surface area contributed by atoms with E-state index in [-0.39, 0.29) is 6.61 Å². The van der Waals surface area contributed by atoms with Crippen LogP contribution in [0.4, 0.5) is 0 Å². The van der Waals surface area contributed by atoms with Crippen LogP contribution in [0.25, 0.3) is 0 Å². The maximum atomic E-state index is 8.88. The average Bonchev–Trinajstić information content (AvgIpc) is 2.66. The fourth-order valence-electron chi connectivity index (χ4n) is 1.30. The summed E-state index contributed by atoms with van der Waals surface area (Å²) in [5.74, 6) is 0. The van der Waals surface area contributed by atoms with Crippen molar-refractivity contribution in [3.63, 3.8) is 0 Å². The minimum absolute atomic E-state index is 0.154. The third-order valence-corrected chi connectivity index (χ3v) is 2.88. The predicted molar refractivity (Wildman–Crippen MR) is 62.6 cm³/mol. The van der Waals surface area contributed by atoms with Crippen molar-refractivity contribution >= 4 is 11.3 Å². The summed E-state index contributed by atoms with van der Waals surface area (Å²) < 4.78 is 0. The molecule has 0 fully saturated rings. The van der Waals surface area contributed by atoms with Gasteiger partial charge in [-0.3, -0.25) is 4.90 Å². The van der Waals surface area contributed by atoms with Gasteiger partial charge >= 0.3 is 0 Å². The maximum Gasteiger partial charge on any atom is 0.106 e. The Morgan fingerprint density at radius 3 is 3.00 bits per heavy atom. The van der Waals surface area contributed by atoms with Crippen LogP contribution < -0.4 is 5.73 Å². The monoisotopic (exact) mass is 227 g/mol. The molecule has 4 nitrogen and oxygen atoms in total. The molecule has 1 aromatic rings. The van der Waals surface area contributed by atoms with E-state index >= 15 is 0 Å². The quantitative estimate of drug-likeness (QED) is 0.669. The lowest BCUT2D eigenvalue weighted by Crippen LogP contribution is -2.26. The van der Waals surface area contributed by atoms with Crippen LogP contribution in [0.1, 0.15) is 10.7 Å². The Hall–Kier alpha value is -0.750. The van der Waals surface area contributed by atoms with Crippen LogP contribution in [0.15, 0.2) is 18.0 Å². The molecule has 0 atom stereocenters. The van der Waals surface area contributed by atoms with Crippen LogP contribution in [0, 0.1) is 0 Å². The molecule has 0 unspecified atom stereocenters. The van der Waals surface area contributed by atoms with Crippen molar-refractivity contribution in [3.8, 4) is 0 Å². The number of aromatic nitrogens is 1. The first-order chi connectivity index (χ1) is 7.30. The molecule has 0 aliphatic carbocycles. The van der Waals surface area contributed by atoms with E-state index in [2.05, 4.69) is 16.5 Å². The second kappa shape index (κ2) is 6.68. The summed E-state index contributed by atoms with van der Waals surface area (Å²) in [6.45, 7) is 6.47. The molecular formula is C10H17N3OS. The third-order valence-electron chi connectivity index (χ3n) is 1.96. The van der Waals surface area contributed by atoms with E-state index in [1.165, 1.54) is 0 Å². The number of aliphatic hydroxyl groups is 1. The van der Waals surface area contributed by atoms with E-state index in [1.54, 1.807) is 11.3 Å². The molecule has 0 saturated heterocycles. The van der Waals surface area contributed by atoms with Crippen LogP contribution >= 0.6 is 11.3 Å². The van der Waals surface area contributed by atoms with E-state index in [4.69, 9.17) is 10.8 Å². The number of hydrogen-bond acceptors (Lipinski definition) is 5. The number of nitrogens with two attached hydrogens (primary N) is 1. The minimum atomic E-state index is 0.154. The van der Waals surface area contributed by atoms with E-state index in [9.17, 15) is 0 Å². The van der Waals surface area contributed by atoms with E-state index in [1.807, 2.05) is 11.5 Å². The van der Waals surface area contributed by atoms with Gasteiger partial charge in [-0.25, -0.2) is 4.98 Å². The molecule has 3 N–H and O–H groups in total. The van der Waals surface area contributed by atoms with Gasteiger partial charge in [0, 0.05) is 31.6 Å². The molecule has 0 aliphatic rings. The van der Waals surface area contributed by atoms with E-state index in [0.29, 0.717) is 13.1 Å². The van der Waals surface area contributed by atoms with Crippen LogP contribution in [-0.2, 0) is 13.1 Å². The normalized spacial score (nSPS) is 10.9. The van der Waals surface area contributed by atoms with Crippen molar-refractivity contribution in [2.75, 3.05) is 19.7 Å². The summed E-state index contributed by atoms with van der Waals surface area (Å²) in [7, 11) is 0. The maximum absolute atomic E-state index is 8.88. The lowest BCUT2D eigenvalue weighted by atomic mass is 10.4. The number of hydrogen-bond donors (Lipinski definition) is 2. The fourth-order valence-corrected chi connectivity index (χ4v) is 1.97. The summed E-state index contributed by atoms with van der Waals surface area (Å²) in [6, 6.07) is 0. The van der Waals surface area contributed by atoms with Crippen molar-refractivity contribution in [3.05, 3.63) is 28.7 Å². The Bertz CT molecular complexity index is 301. The zero-order valence-corrected chi connectivity index (χ0v) is 9.54. The molecule has 84 valence electrons. The van der Waals surface area contributed by atoms with Gasteiger partial charge < -0.3 is 10.8 Å². The molecule has 1 heterocycles. The smallest absolute Gasteiger partial charge is 0.106 e. The van der Waals surface area contributed by atoms with Crippen LogP contribution in [-0.4, -0.2) is 34.7 Å². The molecular weight excluding hydrogens is 210 g/mol. The number of rotatable bonds is 7. The van der Waals surface area contributed by atoms with Gasteiger partial charge in [0.1, 0.15) is 5.01 Å². The summed E-state index contributed by atoms with van der Waals surface area (Å²) >= 11 is 1.58. The molecule has 0 spiro atoms. The minimum Gasteiger partial charge on any atom is -0.395 e. The van der Waals surface area contributed by atoms with Crippen molar-refractivity contribution in [2.24, 2.45) is 5.73 Å². The lowest BCUT2D eigenvalue weighted by molar-refractivity contribution is 0.202. The highest BCUT2D eigenvalue weighted by Crippen LogP contribution is 2.10. The van der Waals surface area contributed by atoms with E-state index < -0.39 is 0 Å². The van der Waals surface area contributed by atoms with Crippen molar-refractivity contribution in [2.45, 2.75) is 13.1 Å². The molecule has 0 bridgehead atoms. The highest BCUT2D eigenvalue weighted by atomic mass is 32.1. The summed E-state index contributed by atoms with van der Waals surface area (Å²) in [6.07, 6.45) is 1.83. The molecule has 0 radical (unpaired) electrons. The topological polar surface area (TPSA) is 62.4 Å². The molecule has 0 aromatic carbocycles. The van der Waals surface area contributed by atoms with Gasteiger partial charge in [0.15, 0.2) is 0 Å². The van der Waals surface area contributed by atoms with Crippen LogP contribution in [0.5, 0.6) is 0 Å². The van der Waals surface area contributed by atoms with Crippen LogP contribution in [0.2, 0.25) is 0 Å². The molecule has 5 heteroatoms. The number of nitrogens with zero attached hydrogens (tertiary/aromatic N) is 2. The van der Waals surface area contributed by atoms with Crippen molar-refractivity contribution in [1.82, 2.24) is 9.88 Å². The Kier molecular flexibility index (Phi) is 5.49. The zero-order valence-electron chi connectivity index (χ0n) is 8.72. The summed E-state index contributed by atoms with van der Waals surface area (Å²) in [4.78, 5) is 6.45. The Balaban J connectivity index is 2.52. The SMILES string of the molecule is C=CCN(CCO)Cc1csc(CN)n1. The molecule has 0 amide bonds. The van der Waals surface area contributed by atoms with Gasteiger partial charge in [-0.1, -0.05) is 6.08 Å². The first-order valence-electron chi connectivity index (χ1n) is 4.87. The standard InChI is InChI=1S/C10H17N3OS/c1-2-3-13(4-5-14)7-9-8-15-10(6-11)12-9/h2,8,14H,1,3-7,11H2. The Morgan fingerprint density at radius 2 is 2.47 bits per heavy atom. The van der Waals surface area contributed by atoms with Gasteiger partial charge in [0.25, 0.3) is 0 Å². The van der Waals surface area contributed by atoms with Gasteiger partial charge in [0.05, 0.1) is 12.3 Å². The predicted octanol–water partition coefficient (Wildman–Crippen LogP) is 0.582. The highest BCUT2D eigenvalue weighted by Gasteiger charge is 2.06. The molecule has 15 heavy (non-hydrogen) atoms. The van der Waals surface area contributed by atoms with Gasteiger partial charge in [0.2, 0.25) is 0 Å². The lowest BCUT2D eigenvalue weighted by Gasteiger charge is -2.17. The second-order valence-corrected chi connectivity index (χ2v) is 4.13. The first kappa shape index (κ1) is 12.3. The third kappa shape index (κ3) is 4.09. The van der Waals surface area contributed by atoms with Crippen LogP contribution in [0.3, 0.4) is 0 Å². The highest BCUT2D eigenvalue weighted by molar-refractivity contribution is 7.09. The average molecular weight is 227 g/mol.